The zero-order valence-corrected chi connectivity index (χ0v) is 17.8. The van der Waals surface area contributed by atoms with Gasteiger partial charge in [-0.2, -0.15) is 5.10 Å². The molecule has 28 heavy (non-hydrogen) atoms. The van der Waals surface area contributed by atoms with Crippen LogP contribution in [0.2, 0.25) is 0 Å². The highest BCUT2D eigenvalue weighted by molar-refractivity contribution is 7.92. The van der Waals surface area contributed by atoms with Gasteiger partial charge in [-0.1, -0.05) is 19.3 Å². The third-order valence-corrected chi connectivity index (χ3v) is 5.99. The molecule has 7 nitrogen and oxygen atoms in total. The van der Waals surface area contributed by atoms with Crippen molar-refractivity contribution in [2.45, 2.75) is 64.8 Å². The van der Waals surface area contributed by atoms with E-state index >= 15 is 0 Å². The van der Waals surface area contributed by atoms with E-state index in [1.807, 2.05) is 6.92 Å². The molecule has 0 saturated heterocycles. The normalized spacial score (nSPS) is 16.5. The molecule has 1 unspecified atom stereocenters. The topological polar surface area (TPSA) is 88.1 Å². The van der Waals surface area contributed by atoms with E-state index in [-0.39, 0.29) is 0 Å². The van der Waals surface area contributed by atoms with Gasteiger partial charge in [0.2, 0.25) is 10.0 Å². The van der Waals surface area contributed by atoms with Crippen LogP contribution in [-0.2, 0) is 14.8 Å². The molecule has 0 radical (unpaired) electrons. The van der Waals surface area contributed by atoms with Crippen molar-refractivity contribution < 1.29 is 17.9 Å². The average molecular weight is 410 g/mol. The van der Waals surface area contributed by atoms with Gasteiger partial charge in [0.15, 0.2) is 0 Å². The molecular weight excluding hydrogens is 378 g/mol. The molecule has 1 N–H and O–H groups in total. The maximum absolute atomic E-state index is 12.6. The predicted octanol–water partition coefficient (Wildman–Crippen LogP) is 3.46. The predicted molar refractivity (Wildman–Crippen MR) is 112 cm³/mol. The molecule has 8 heteroatoms. The van der Waals surface area contributed by atoms with Crippen molar-refractivity contribution in [2.24, 2.45) is 5.10 Å². The second kappa shape index (κ2) is 10.5. The smallest absolute Gasteiger partial charge is 0.263 e. The van der Waals surface area contributed by atoms with Crippen molar-refractivity contribution in [1.82, 2.24) is 5.43 Å². The Morgan fingerprint density at radius 1 is 1.14 bits per heavy atom. The minimum absolute atomic E-state index is 0.409. The molecule has 1 aliphatic carbocycles. The molecule has 0 aromatic heterocycles. The van der Waals surface area contributed by atoms with Crippen LogP contribution in [0.4, 0.5) is 5.69 Å². The fourth-order valence-corrected chi connectivity index (χ4v) is 4.49. The van der Waals surface area contributed by atoms with Gasteiger partial charge in [0.05, 0.1) is 18.6 Å². The molecule has 2 rings (SSSR count). The lowest BCUT2D eigenvalue weighted by atomic mass is 9.99. The first-order chi connectivity index (χ1) is 13.3. The Kier molecular flexibility index (Phi) is 8.29. The van der Waals surface area contributed by atoms with Crippen molar-refractivity contribution in [2.75, 3.05) is 17.2 Å². The lowest BCUT2D eigenvalue weighted by Gasteiger charge is -2.27. The molecule has 1 fully saturated rings. The van der Waals surface area contributed by atoms with Crippen LogP contribution in [0.3, 0.4) is 0 Å². The maximum atomic E-state index is 12.6. The molecule has 1 aromatic rings. The van der Waals surface area contributed by atoms with Crippen LogP contribution >= 0.6 is 0 Å². The van der Waals surface area contributed by atoms with Crippen molar-refractivity contribution in [1.29, 1.82) is 0 Å². The highest BCUT2D eigenvalue weighted by Gasteiger charge is 2.29. The minimum atomic E-state index is -3.66. The first-order valence-corrected chi connectivity index (χ1v) is 11.8. The summed E-state index contributed by atoms with van der Waals surface area (Å²) in [6.45, 7) is 3.96. The monoisotopic (exact) mass is 409 g/mol. The molecule has 156 valence electrons. The molecule has 1 saturated carbocycles. The number of nitrogens with one attached hydrogen (secondary N) is 1. The quantitative estimate of drug-likeness (QED) is 0.699. The Bertz CT molecular complexity index is 765. The highest BCUT2D eigenvalue weighted by atomic mass is 32.2. The Hall–Kier alpha value is -2.09. The van der Waals surface area contributed by atoms with Crippen molar-refractivity contribution >= 4 is 27.3 Å². The number of nitrogens with zero attached hydrogens (tertiary/aromatic N) is 2. The minimum Gasteiger partial charge on any atom is -0.494 e. The summed E-state index contributed by atoms with van der Waals surface area (Å²) >= 11 is 0. The largest absolute Gasteiger partial charge is 0.494 e. The molecule has 1 aromatic carbocycles. The molecule has 1 atom stereocenters. The van der Waals surface area contributed by atoms with Crippen LogP contribution in [0.25, 0.3) is 0 Å². The Morgan fingerprint density at radius 3 is 2.25 bits per heavy atom. The number of hydrazone groups is 1. The SMILES string of the molecule is CCOc1ccc(N(C(C)C(=O)NN=C2CCCCCCC2)S(C)(=O)=O)cc1. The number of sulfonamides is 1. The summed E-state index contributed by atoms with van der Waals surface area (Å²) in [5, 5.41) is 4.28. The maximum Gasteiger partial charge on any atom is 0.263 e. The van der Waals surface area contributed by atoms with Crippen molar-refractivity contribution in [3.05, 3.63) is 24.3 Å². The highest BCUT2D eigenvalue weighted by Crippen LogP contribution is 2.24. The second-order valence-electron chi connectivity index (χ2n) is 7.08. The Labute approximate surface area is 168 Å². The number of amides is 1. The fourth-order valence-electron chi connectivity index (χ4n) is 3.32. The van der Waals surface area contributed by atoms with E-state index in [0.717, 1.165) is 42.0 Å². The summed E-state index contributed by atoms with van der Waals surface area (Å²) in [5.74, 6) is 0.196. The second-order valence-corrected chi connectivity index (χ2v) is 8.94. The van der Waals surface area contributed by atoms with E-state index < -0.39 is 22.0 Å². The molecule has 0 heterocycles. The fraction of sp³-hybridized carbons (Fsp3) is 0.600. The summed E-state index contributed by atoms with van der Waals surface area (Å²) in [5.41, 5.74) is 3.96. The lowest BCUT2D eigenvalue weighted by Crippen LogP contribution is -2.47. The summed E-state index contributed by atoms with van der Waals surface area (Å²) in [6, 6.07) is 5.73. The van der Waals surface area contributed by atoms with Crippen LogP contribution in [0.1, 0.15) is 58.8 Å². The van der Waals surface area contributed by atoms with Crippen LogP contribution in [0.15, 0.2) is 29.4 Å². The van der Waals surface area contributed by atoms with Gasteiger partial charge in [-0.15, -0.1) is 0 Å². The molecule has 0 spiro atoms. The summed E-state index contributed by atoms with van der Waals surface area (Å²) in [7, 11) is -3.66. The molecule has 1 amide bonds. The Morgan fingerprint density at radius 2 is 1.71 bits per heavy atom. The standard InChI is InChI=1S/C20H31N3O4S/c1-4-27-19-14-12-18(13-15-19)23(28(3,25)26)16(2)20(24)22-21-17-10-8-6-5-7-9-11-17/h12-16H,4-11H2,1-3H3,(H,22,24). The first kappa shape index (κ1) is 22.2. The number of benzene rings is 1. The van der Waals surface area contributed by atoms with Gasteiger partial charge in [-0.05, 0) is 63.8 Å². The van der Waals surface area contributed by atoms with Gasteiger partial charge in [0.25, 0.3) is 5.91 Å². The number of hydrogen-bond donors (Lipinski definition) is 1. The number of anilines is 1. The Balaban J connectivity index is 2.13. The van der Waals surface area contributed by atoms with E-state index in [0.29, 0.717) is 18.0 Å². The summed E-state index contributed by atoms with van der Waals surface area (Å²) < 4.78 is 31.2. The van der Waals surface area contributed by atoms with E-state index in [9.17, 15) is 13.2 Å². The zero-order chi connectivity index (χ0) is 20.6. The number of rotatable bonds is 7. The zero-order valence-electron chi connectivity index (χ0n) is 17.0. The third kappa shape index (κ3) is 6.51. The molecule has 0 bridgehead atoms. The molecule has 0 aliphatic heterocycles. The first-order valence-electron chi connectivity index (χ1n) is 9.90. The number of ether oxygens (including phenoxy) is 1. The van der Waals surface area contributed by atoms with Gasteiger partial charge < -0.3 is 4.74 Å². The van der Waals surface area contributed by atoms with Gasteiger partial charge in [-0.25, -0.2) is 13.8 Å². The molecule has 1 aliphatic rings. The summed E-state index contributed by atoms with van der Waals surface area (Å²) in [6.07, 6.45) is 8.62. The number of hydrogen-bond acceptors (Lipinski definition) is 5. The average Bonchev–Trinajstić information content (AvgIpc) is 2.61. The van der Waals surface area contributed by atoms with Crippen molar-refractivity contribution in [3.63, 3.8) is 0 Å². The summed E-state index contributed by atoms with van der Waals surface area (Å²) in [4.78, 5) is 12.6. The third-order valence-electron chi connectivity index (χ3n) is 4.75. The van der Waals surface area contributed by atoms with E-state index in [4.69, 9.17) is 4.74 Å². The van der Waals surface area contributed by atoms with Gasteiger partial charge in [0, 0.05) is 5.71 Å². The number of carbonyl (C=O) groups is 1. The number of carbonyl (C=O) groups excluding carboxylic acids is 1. The van der Waals surface area contributed by atoms with Crippen LogP contribution in [0, 0.1) is 0 Å². The molecular formula is C20H31N3O4S. The van der Waals surface area contributed by atoms with Crippen molar-refractivity contribution in [3.8, 4) is 5.75 Å². The van der Waals surface area contributed by atoms with Crippen LogP contribution < -0.4 is 14.5 Å². The van der Waals surface area contributed by atoms with E-state index in [1.54, 1.807) is 31.2 Å². The van der Waals surface area contributed by atoms with E-state index in [2.05, 4.69) is 10.5 Å². The van der Waals surface area contributed by atoms with Gasteiger partial charge >= 0.3 is 0 Å². The lowest BCUT2D eigenvalue weighted by molar-refractivity contribution is -0.121. The van der Waals surface area contributed by atoms with Crippen LogP contribution in [-0.4, -0.2) is 38.9 Å². The van der Waals surface area contributed by atoms with Gasteiger partial charge in [-0.3, -0.25) is 9.10 Å². The van der Waals surface area contributed by atoms with E-state index in [1.165, 1.54) is 19.3 Å². The van der Waals surface area contributed by atoms with Crippen LogP contribution in [0.5, 0.6) is 5.75 Å². The van der Waals surface area contributed by atoms with Gasteiger partial charge in [0.1, 0.15) is 11.8 Å².